The number of hydrogen-bond acceptors (Lipinski definition) is 3. The molecule has 0 saturated heterocycles. The second-order valence-electron chi connectivity index (χ2n) is 3.99. The Kier molecular flexibility index (Phi) is 6.11. The van der Waals surface area contributed by atoms with Gasteiger partial charge in [0.05, 0.1) is 12.7 Å². The second-order valence-corrected chi connectivity index (χ2v) is 3.99. The van der Waals surface area contributed by atoms with Crippen LogP contribution in [0.3, 0.4) is 0 Å². The molecule has 1 aromatic carbocycles. The lowest BCUT2D eigenvalue weighted by molar-refractivity contribution is 0.0416. The van der Waals surface area contributed by atoms with Crippen LogP contribution in [0, 0.1) is 5.82 Å². The molecule has 0 heterocycles. The van der Waals surface area contributed by atoms with Crippen molar-refractivity contribution in [1.82, 2.24) is 5.32 Å². The summed E-state index contributed by atoms with van der Waals surface area (Å²) in [6.07, 6.45) is -0.516. The van der Waals surface area contributed by atoms with Crippen LogP contribution in [0.15, 0.2) is 24.3 Å². The second kappa shape index (κ2) is 7.37. The Bertz CT molecular complexity index is 316. The largest absolute Gasteiger partial charge is 0.389 e. The van der Waals surface area contributed by atoms with E-state index >= 15 is 0 Å². The van der Waals surface area contributed by atoms with Crippen LogP contribution < -0.4 is 5.32 Å². The molecule has 17 heavy (non-hydrogen) atoms. The molecule has 4 heteroatoms. The summed E-state index contributed by atoms with van der Waals surface area (Å²) in [4.78, 5) is 0. The highest BCUT2D eigenvalue weighted by Gasteiger charge is 2.08. The van der Waals surface area contributed by atoms with Crippen molar-refractivity contribution in [3.63, 3.8) is 0 Å². The first-order chi connectivity index (χ1) is 8.13. The number of benzene rings is 1. The molecule has 2 atom stereocenters. The number of nitrogens with one attached hydrogen (secondary N) is 1. The highest BCUT2D eigenvalue weighted by atomic mass is 19.1. The summed E-state index contributed by atoms with van der Waals surface area (Å²) in [6, 6.07) is 6.42. The number of aliphatic hydroxyl groups is 1. The van der Waals surface area contributed by atoms with Gasteiger partial charge < -0.3 is 15.2 Å². The molecular weight excluding hydrogens is 221 g/mol. The van der Waals surface area contributed by atoms with Gasteiger partial charge in [-0.15, -0.1) is 0 Å². The number of halogens is 1. The maximum Gasteiger partial charge on any atom is 0.123 e. The van der Waals surface area contributed by atoms with E-state index in [1.54, 1.807) is 12.1 Å². The third-order valence-corrected chi connectivity index (χ3v) is 2.54. The van der Waals surface area contributed by atoms with E-state index in [-0.39, 0.29) is 11.9 Å². The first-order valence-electron chi connectivity index (χ1n) is 5.88. The summed E-state index contributed by atoms with van der Waals surface area (Å²) in [5.74, 6) is -0.239. The third-order valence-electron chi connectivity index (χ3n) is 2.54. The monoisotopic (exact) mass is 241 g/mol. The Morgan fingerprint density at radius 2 is 2.00 bits per heavy atom. The highest BCUT2D eigenvalue weighted by Crippen LogP contribution is 2.12. The van der Waals surface area contributed by atoms with Crippen molar-refractivity contribution in [3.05, 3.63) is 35.6 Å². The van der Waals surface area contributed by atoms with E-state index in [1.807, 2.05) is 13.8 Å². The Balaban J connectivity index is 2.34. The minimum absolute atomic E-state index is 0.0758. The zero-order chi connectivity index (χ0) is 12.7. The van der Waals surface area contributed by atoms with Gasteiger partial charge in [-0.25, -0.2) is 4.39 Å². The molecule has 0 saturated carbocycles. The van der Waals surface area contributed by atoms with Gasteiger partial charge in [-0.3, -0.25) is 0 Å². The standard InChI is InChI=1S/C13H20FNO2/c1-3-17-9-13(16)8-15-10(2)11-4-6-12(14)7-5-11/h4-7,10,13,15-16H,3,8-9H2,1-2H3/t10-,13?/m1/s1. The molecule has 0 spiro atoms. The van der Waals surface area contributed by atoms with Gasteiger partial charge in [-0.2, -0.15) is 0 Å². The molecule has 0 aliphatic heterocycles. The summed E-state index contributed by atoms with van der Waals surface area (Å²) in [5.41, 5.74) is 0.995. The van der Waals surface area contributed by atoms with Crippen LogP contribution in [0.4, 0.5) is 4.39 Å². The van der Waals surface area contributed by atoms with E-state index in [9.17, 15) is 9.50 Å². The molecule has 0 fully saturated rings. The lowest BCUT2D eigenvalue weighted by Crippen LogP contribution is -2.32. The fourth-order valence-electron chi connectivity index (χ4n) is 1.49. The van der Waals surface area contributed by atoms with Gasteiger partial charge in [0.2, 0.25) is 0 Å². The third kappa shape index (κ3) is 5.26. The molecule has 1 rings (SSSR count). The molecule has 2 N–H and O–H groups in total. The number of ether oxygens (including phenoxy) is 1. The molecular formula is C13H20FNO2. The number of aliphatic hydroxyl groups excluding tert-OH is 1. The normalized spacial score (nSPS) is 14.6. The van der Waals surface area contributed by atoms with Crippen LogP contribution >= 0.6 is 0 Å². The average Bonchev–Trinajstić information content (AvgIpc) is 2.34. The summed E-state index contributed by atoms with van der Waals surface area (Å²) in [7, 11) is 0. The highest BCUT2D eigenvalue weighted by molar-refractivity contribution is 5.19. The van der Waals surface area contributed by atoms with E-state index in [1.165, 1.54) is 12.1 Å². The van der Waals surface area contributed by atoms with Crippen molar-refractivity contribution >= 4 is 0 Å². The van der Waals surface area contributed by atoms with Crippen LogP contribution in [0.5, 0.6) is 0 Å². The molecule has 1 aromatic rings. The summed E-state index contributed by atoms with van der Waals surface area (Å²) < 4.78 is 17.8. The van der Waals surface area contributed by atoms with Crippen molar-refractivity contribution in [2.75, 3.05) is 19.8 Å². The van der Waals surface area contributed by atoms with Crippen molar-refractivity contribution < 1.29 is 14.2 Å². The maximum atomic E-state index is 12.7. The predicted octanol–water partition coefficient (Wildman–Crippen LogP) is 1.87. The van der Waals surface area contributed by atoms with Gasteiger partial charge in [-0.05, 0) is 31.5 Å². The first kappa shape index (κ1) is 14.1. The zero-order valence-electron chi connectivity index (χ0n) is 10.3. The predicted molar refractivity (Wildman–Crippen MR) is 65.3 cm³/mol. The van der Waals surface area contributed by atoms with Gasteiger partial charge in [-0.1, -0.05) is 12.1 Å². The Labute approximate surface area is 102 Å². The van der Waals surface area contributed by atoms with E-state index < -0.39 is 6.10 Å². The van der Waals surface area contributed by atoms with Crippen LogP contribution in [0.1, 0.15) is 25.5 Å². The van der Waals surface area contributed by atoms with Crippen LogP contribution in [0.25, 0.3) is 0 Å². The summed E-state index contributed by atoms with van der Waals surface area (Å²) in [5, 5.41) is 12.7. The quantitative estimate of drug-likeness (QED) is 0.765. The summed E-state index contributed by atoms with van der Waals surface area (Å²) >= 11 is 0. The fraction of sp³-hybridized carbons (Fsp3) is 0.538. The molecule has 0 amide bonds. The average molecular weight is 241 g/mol. The minimum atomic E-state index is -0.516. The SMILES string of the molecule is CCOCC(O)CN[C@H](C)c1ccc(F)cc1. The van der Waals surface area contributed by atoms with E-state index in [0.29, 0.717) is 19.8 Å². The number of rotatable bonds is 7. The van der Waals surface area contributed by atoms with E-state index in [2.05, 4.69) is 5.32 Å². The van der Waals surface area contributed by atoms with E-state index in [0.717, 1.165) is 5.56 Å². The van der Waals surface area contributed by atoms with Gasteiger partial charge in [0.1, 0.15) is 5.82 Å². The van der Waals surface area contributed by atoms with Crippen molar-refractivity contribution in [3.8, 4) is 0 Å². The molecule has 0 radical (unpaired) electrons. The van der Waals surface area contributed by atoms with Crippen LogP contribution in [-0.2, 0) is 4.74 Å². The molecule has 3 nitrogen and oxygen atoms in total. The molecule has 1 unspecified atom stereocenters. The first-order valence-corrected chi connectivity index (χ1v) is 5.88. The Morgan fingerprint density at radius 1 is 1.35 bits per heavy atom. The van der Waals surface area contributed by atoms with Crippen molar-refractivity contribution in [2.45, 2.75) is 26.0 Å². The van der Waals surface area contributed by atoms with Crippen molar-refractivity contribution in [1.29, 1.82) is 0 Å². The summed E-state index contributed by atoms with van der Waals surface area (Å²) in [6.45, 7) is 5.25. The zero-order valence-corrected chi connectivity index (χ0v) is 10.3. The van der Waals surface area contributed by atoms with Gasteiger partial charge >= 0.3 is 0 Å². The molecule has 0 aliphatic rings. The minimum Gasteiger partial charge on any atom is -0.389 e. The van der Waals surface area contributed by atoms with Crippen LogP contribution in [0.2, 0.25) is 0 Å². The lowest BCUT2D eigenvalue weighted by Gasteiger charge is -2.17. The van der Waals surface area contributed by atoms with Crippen LogP contribution in [-0.4, -0.2) is 31.0 Å². The Morgan fingerprint density at radius 3 is 2.59 bits per heavy atom. The topological polar surface area (TPSA) is 41.5 Å². The molecule has 96 valence electrons. The fourth-order valence-corrected chi connectivity index (χ4v) is 1.49. The van der Waals surface area contributed by atoms with Gasteiger partial charge in [0, 0.05) is 19.2 Å². The van der Waals surface area contributed by atoms with Crippen molar-refractivity contribution in [2.24, 2.45) is 0 Å². The maximum absolute atomic E-state index is 12.7. The smallest absolute Gasteiger partial charge is 0.123 e. The van der Waals surface area contributed by atoms with E-state index in [4.69, 9.17) is 4.74 Å². The molecule has 0 aromatic heterocycles. The molecule has 0 bridgehead atoms. The van der Waals surface area contributed by atoms with Gasteiger partial charge in [0.25, 0.3) is 0 Å². The molecule has 0 aliphatic carbocycles. The number of hydrogen-bond donors (Lipinski definition) is 2. The van der Waals surface area contributed by atoms with Gasteiger partial charge in [0.15, 0.2) is 0 Å². The lowest BCUT2D eigenvalue weighted by atomic mass is 10.1. The Hall–Kier alpha value is -0.970.